The second kappa shape index (κ2) is 7.29. The van der Waals surface area contributed by atoms with Crippen molar-refractivity contribution in [2.24, 2.45) is 0 Å². The summed E-state index contributed by atoms with van der Waals surface area (Å²) in [6.07, 6.45) is 2.72. The first-order valence-corrected chi connectivity index (χ1v) is 7.92. The quantitative estimate of drug-likeness (QED) is 0.638. The molecule has 0 aliphatic rings. The van der Waals surface area contributed by atoms with Gasteiger partial charge in [0.1, 0.15) is 17.2 Å². The van der Waals surface area contributed by atoms with E-state index in [0.717, 1.165) is 29.6 Å². The Morgan fingerprint density at radius 3 is 2.50 bits per heavy atom. The molecule has 0 aliphatic heterocycles. The molecule has 3 nitrogen and oxygen atoms in total. The van der Waals surface area contributed by atoms with Gasteiger partial charge in [0.2, 0.25) is 0 Å². The Hall–Kier alpha value is -1.55. The van der Waals surface area contributed by atoms with Crippen LogP contribution in [0.4, 0.5) is 5.82 Å². The number of hydrogen-bond donors (Lipinski definition) is 1. The van der Waals surface area contributed by atoms with E-state index in [1.807, 2.05) is 6.07 Å². The molecule has 1 aromatic heterocycles. The molecule has 2 rings (SSSR count). The van der Waals surface area contributed by atoms with Crippen molar-refractivity contribution in [2.75, 3.05) is 11.9 Å². The van der Waals surface area contributed by atoms with Crippen molar-refractivity contribution in [3.05, 3.63) is 47.3 Å². The number of benzene rings is 1. The summed E-state index contributed by atoms with van der Waals surface area (Å²) in [7, 11) is 0. The predicted octanol–water partition coefficient (Wildman–Crippen LogP) is 4.21. The highest BCUT2D eigenvalue weighted by molar-refractivity contribution is 7.98. The van der Waals surface area contributed by atoms with Gasteiger partial charge in [-0.15, -0.1) is 11.8 Å². The zero-order valence-corrected chi connectivity index (χ0v) is 13.1. The summed E-state index contributed by atoms with van der Waals surface area (Å²) in [4.78, 5) is 8.54. The monoisotopic (exact) mass is 287 g/mol. The van der Waals surface area contributed by atoms with E-state index in [2.05, 4.69) is 54.3 Å². The van der Waals surface area contributed by atoms with Gasteiger partial charge in [-0.2, -0.15) is 0 Å². The van der Waals surface area contributed by atoms with Crippen molar-refractivity contribution in [1.82, 2.24) is 9.97 Å². The molecule has 1 heterocycles. The van der Waals surface area contributed by atoms with Gasteiger partial charge in [-0.25, -0.2) is 9.97 Å². The van der Waals surface area contributed by atoms with Crippen LogP contribution in [0.25, 0.3) is 0 Å². The van der Waals surface area contributed by atoms with Crippen LogP contribution in [-0.2, 0) is 5.75 Å². The SMILES string of the molecule is CCCNc1cc(SCc2cc(C)cc(C)c2)ncn1. The summed E-state index contributed by atoms with van der Waals surface area (Å²) in [5.41, 5.74) is 3.97. The number of nitrogens with one attached hydrogen (secondary N) is 1. The molecule has 0 atom stereocenters. The smallest absolute Gasteiger partial charge is 0.130 e. The van der Waals surface area contributed by atoms with Crippen LogP contribution in [0.2, 0.25) is 0 Å². The maximum absolute atomic E-state index is 4.32. The zero-order valence-electron chi connectivity index (χ0n) is 12.3. The van der Waals surface area contributed by atoms with Crippen molar-refractivity contribution >= 4 is 17.6 Å². The Labute approximate surface area is 125 Å². The van der Waals surface area contributed by atoms with Gasteiger partial charge in [-0.1, -0.05) is 36.2 Å². The first-order valence-electron chi connectivity index (χ1n) is 6.93. The summed E-state index contributed by atoms with van der Waals surface area (Å²) in [5, 5.41) is 4.30. The lowest BCUT2D eigenvalue weighted by molar-refractivity contribution is 0.953. The molecule has 106 valence electrons. The van der Waals surface area contributed by atoms with E-state index in [1.54, 1.807) is 18.1 Å². The summed E-state index contributed by atoms with van der Waals surface area (Å²) >= 11 is 1.75. The minimum atomic E-state index is 0.907. The molecule has 0 saturated carbocycles. The highest BCUT2D eigenvalue weighted by Crippen LogP contribution is 2.23. The van der Waals surface area contributed by atoms with Gasteiger partial charge in [-0.05, 0) is 25.8 Å². The Morgan fingerprint density at radius 1 is 1.05 bits per heavy atom. The number of rotatable bonds is 6. The van der Waals surface area contributed by atoms with Crippen molar-refractivity contribution in [1.29, 1.82) is 0 Å². The molecule has 20 heavy (non-hydrogen) atoms. The lowest BCUT2D eigenvalue weighted by Crippen LogP contribution is -2.02. The molecular formula is C16H21N3S. The van der Waals surface area contributed by atoms with Crippen LogP contribution in [0.15, 0.2) is 35.6 Å². The maximum atomic E-state index is 4.32. The summed E-state index contributed by atoms with van der Waals surface area (Å²) in [5.74, 6) is 1.84. The van der Waals surface area contributed by atoms with Gasteiger partial charge < -0.3 is 5.32 Å². The number of thioether (sulfide) groups is 1. The first kappa shape index (κ1) is 14.9. The normalized spacial score (nSPS) is 10.6. The van der Waals surface area contributed by atoms with Gasteiger partial charge in [-0.3, -0.25) is 0 Å². The van der Waals surface area contributed by atoms with Gasteiger partial charge in [0.25, 0.3) is 0 Å². The Kier molecular flexibility index (Phi) is 5.41. The summed E-state index contributed by atoms with van der Waals surface area (Å²) in [6.45, 7) is 7.36. The molecule has 0 radical (unpaired) electrons. The number of aromatic nitrogens is 2. The molecule has 0 amide bonds. The number of hydrogen-bond acceptors (Lipinski definition) is 4. The number of aryl methyl sites for hydroxylation is 2. The van der Waals surface area contributed by atoms with Crippen molar-refractivity contribution < 1.29 is 0 Å². The highest BCUT2D eigenvalue weighted by Gasteiger charge is 2.01. The third-order valence-electron chi connectivity index (χ3n) is 2.87. The minimum Gasteiger partial charge on any atom is -0.370 e. The molecule has 4 heteroatoms. The van der Waals surface area contributed by atoms with E-state index < -0.39 is 0 Å². The Bertz CT molecular complexity index is 549. The molecule has 0 saturated heterocycles. The summed E-state index contributed by atoms with van der Waals surface area (Å²) < 4.78 is 0. The van der Waals surface area contributed by atoms with Gasteiger partial charge in [0.15, 0.2) is 0 Å². The van der Waals surface area contributed by atoms with Crippen LogP contribution in [-0.4, -0.2) is 16.5 Å². The fourth-order valence-corrected chi connectivity index (χ4v) is 2.88. The molecule has 0 fully saturated rings. The van der Waals surface area contributed by atoms with Crippen LogP contribution < -0.4 is 5.32 Å². The van der Waals surface area contributed by atoms with Crippen LogP contribution in [0.1, 0.15) is 30.0 Å². The average Bonchev–Trinajstić information content (AvgIpc) is 2.42. The fourth-order valence-electron chi connectivity index (χ4n) is 2.08. The topological polar surface area (TPSA) is 37.8 Å². The zero-order chi connectivity index (χ0) is 14.4. The van der Waals surface area contributed by atoms with Crippen LogP contribution in [0.5, 0.6) is 0 Å². The van der Waals surface area contributed by atoms with E-state index in [0.29, 0.717) is 0 Å². The standard InChI is InChI=1S/C16H21N3S/c1-4-5-17-15-9-16(19-11-18-15)20-10-14-7-12(2)6-13(3)8-14/h6-9,11H,4-5,10H2,1-3H3,(H,17,18,19). The second-order valence-corrected chi connectivity index (χ2v) is 5.95. The highest BCUT2D eigenvalue weighted by atomic mass is 32.2. The molecule has 0 bridgehead atoms. The number of nitrogens with zero attached hydrogens (tertiary/aromatic N) is 2. The van der Waals surface area contributed by atoms with Gasteiger partial charge in [0, 0.05) is 18.4 Å². The molecule has 2 aromatic rings. The molecule has 1 aromatic carbocycles. The van der Waals surface area contributed by atoms with Crippen molar-refractivity contribution in [2.45, 2.75) is 38.0 Å². The molecule has 1 N–H and O–H groups in total. The molecule has 0 unspecified atom stereocenters. The van der Waals surface area contributed by atoms with E-state index in [1.165, 1.54) is 16.7 Å². The maximum Gasteiger partial charge on any atom is 0.130 e. The molecular weight excluding hydrogens is 266 g/mol. The lowest BCUT2D eigenvalue weighted by atomic mass is 10.1. The molecule has 0 spiro atoms. The van der Waals surface area contributed by atoms with E-state index >= 15 is 0 Å². The van der Waals surface area contributed by atoms with Crippen LogP contribution in [0.3, 0.4) is 0 Å². The largest absolute Gasteiger partial charge is 0.370 e. The number of anilines is 1. The van der Waals surface area contributed by atoms with E-state index in [9.17, 15) is 0 Å². The minimum absolute atomic E-state index is 0.907. The van der Waals surface area contributed by atoms with Crippen molar-refractivity contribution in [3.8, 4) is 0 Å². The second-order valence-electron chi connectivity index (χ2n) is 4.95. The predicted molar refractivity (Wildman–Crippen MR) is 86.3 cm³/mol. The molecule has 0 aliphatic carbocycles. The van der Waals surface area contributed by atoms with Crippen LogP contribution in [0, 0.1) is 13.8 Å². The van der Waals surface area contributed by atoms with Gasteiger partial charge >= 0.3 is 0 Å². The average molecular weight is 287 g/mol. The van der Waals surface area contributed by atoms with Gasteiger partial charge in [0.05, 0.1) is 0 Å². The van der Waals surface area contributed by atoms with E-state index in [4.69, 9.17) is 0 Å². The Morgan fingerprint density at radius 2 is 1.80 bits per heavy atom. The first-order chi connectivity index (χ1) is 9.67. The van der Waals surface area contributed by atoms with Crippen LogP contribution >= 0.6 is 11.8 Å². The Balaban J connectivity index is 1.99. The van der Waals surface area contributed by atoms with E-state index in [-0.39, 0.29) is 0 Å². The summed E-state index contributed by atoms with van der Waals surface area (Å²) in [6, 6.07) is 8.68. The lowest BCUT2D eigenvalue weighted by Gasteiger charge is -2.07. The fraction of sp³-hybridized carbons (Fsp3) is 0.375. The van der Waals surface area contributed by atoms with Crippen molar-refractivity contribution in [3.63, 3.8) is 0 Å². The third-order valence-corrected chi connectivity index (χ3v) is 3.86. The third kappa shape index (κ3) is 4.53.